The van der Waals surface area contributed by atoms with Crippen LogP contribution in [0.4, 0.5) is 0 Å². The van der Waals surface area contributed by atoms with Crippen molar-refractivity contribution in [2.75, 3.05) is 0 Å². The lowest BCUT2D eigenvalue weighted by atomic mass is 10.1. The average molecular weight is 743 g/mol. The third-order valence-corrected chi connectivity index (χ3v) is 16.9. The molecule has 12 rings (SSSR count). The van der Waals surface area contributed by atoms with Crippen LogP contribution in [0.1, 0.15) is 0 Å². The van der Waals surface area contributed by atoms with Gasteiger partial charge < -0.3 is 0 Å². The molecule has 0 saturated heterocycles. The number of hydrogen-bond donors (Lipinski definition) is 0. The van der Waals surface area contributed by atoms with E-state index in [1.807, 2.05) is 0 Å². The van der Waals surface area contributed by atoms with Gasteiger partial charge in [-0.15, -0.1) is 0 Å². The van der Waals surface area contributed by atoms with Crippen LogP contribution in [0, 0.1) is 0 Å². The van der Waals surface area contributed by atoms with Crippen LogP contribution >= 0.6 is 0 Å². The molecule has 1 aliphatic rings. The molecule has 0 atom stereocenters. The minimum atomic E-state index is -2.72. The second kappa shape index (κ2) is 12.3. The molecule has 0 fully saturated rings. The van der Waals surface area contributed by atoms with E-state index in [9.17, 15) is 0 Å². The minimum absolute atomic E-state index is 0.638. The van der Waals surface area contributed by atoms with Crippen molar-refractivity contribution in [3.05, 3.63) is 206 Å². The number of aromatic nitrogens is 4. The Morgan fingerprint density at radius 2 is 0.807 bits per heavy atom. The summed E-state index contributed by atoms with van der Waals surface area (Å²) in [5.41, 5.74) is 8.97. The van der Waals surface area contributed by atoms with Crippen LogP contribution in [0.2, 0.25) is 0 Å². The first-order chi connectivity index (χ1) is 28.3. The fourth-order valence-corrected chi connectivity index (χ4v) is 14.9. The van der Waals surface area contributed by atoms with Gasteiger partial charge in [-0.25, -0.2) is 4.98 Å². The molecule has 0 bridgehead atoms. The molecule has 0 spiro atoms. The standard InChI is InChI=1S/C52H34N4Si/c1-2-18-36(19-3-1)57(49-31-14-8-25-42(49)43-26-9-15-32-50(43)57)37-20-16-17-35(33-37)44-34-51(55-45-27-10-4-21-38(45)39-22-5-11-28-46(39)55)54-52(53-44)56-47-29-12-6-23-40(47)41-24-7-13-30-48(41)56/h1-34H/q-1. The van der Waals surface area contributed by atoms with Crippen molar-refractivity contribution in [3.63, 3.8) is 0 Å². The number of hydrogen-bond acceptors (Lipinski definition) is 2. The van der Waals surface area contributed by atoms with E-state index in [0.717, 1.165) is 39.1 Å². The zero-order valence-corrected chi connectivity index (χ0v) is 31.9. The average Bonchev–Trinajstić information content (AvgIpc) is 3.91. The van der Waals surface area contributed by atoms with Crippen LogP contribution in [0.25, 0.3) is 77.8 Å². The topological polar surface area (TPSA) is 35.6 Å². The van der Waals surface area contributed by atoms with Crippen LogP contribution in [0.3, 0.4) is 0 Å². The van der Waals surface area contributed by atoms with Gasteiger partial charge in [-0.1, -0.05) is 187 Å². The molecule has 1 aliphatic heterocycles. The van der Waals surface area contributed by atoms with E-state index in [4.69, 9.17) is 9.97 Å². The van der Waals surface area contributed by atoms with Crippen molar-refractivity contribution in [2.45, 2.75) is 0 Å². The molecule has 11 aromatic rings. The van der Waals surface area contributed by atoms with Gasteiger partial charge in [-0.05, 0) is 37.9 Å². The molecule has 0 unspecified atom stereocenters. The first-order valence-corrected chi connectivity index (χ1v) is 21.5. The van der Waals surface area contributed by atoms with Crippen LogP contribution in [-0.2, 0) is 0 Å². The maximum atomic E-state index is 5.52. The highest BCUT2D eigenvalue weighted by atomic mass is 28.3. The number of rotatable bonds is 5. The summed E-state index contributed by atoms with van der Waals surface area (Å²) in [5, 5.41) is 10.3. The minimum Gasteiger partial charge on any atom is -0.294 e. The maximum absolute atomic E-state index is 5.52. The monoisotopic (exact) mass is 742 g/mol. The number of nitrogens with zero attached hydrogens (tertiary/aromatic N) is 4. The van der Waals surface area contributed by atoms with Crippen molar-refractivity contribution < 1.29 is 0 Å². The summed E-state index contributed by atoms with van der Waals surface area (Å²) in [6.07, 6.45) is 0. The first-order valence-electron chi connectivity index (χ1n) is 19.5. The normalized spacial score (nSPS) is 13.1. The van der Waals surface area contributed by atoms with Gasteiger partial charge in [-0.3, -0.25) is 9.13 Å². The molecule has 8 aromatic carbocycles. The summed E-state index contributed by atoms with van der Waals surface area (Å²) < 4.78 is 4.54. The molecule has 0 saturated carbocycles. The Hall–Kier alpha value is -7.34. The molecule has 4 heterocycles. The Morgan fingerprint density at radius 1 is 0.351 bits per heavy atom. The van der Waals surface area contributed by atoms with Gasteiger partial charge in [0, 0.05) is 27.6 Å². The highest BCUT2D eigenvalue weighted by molar-refractivity contribution is 7.22. The molecule has 0 N–H and O–H groups in total. The molecule has 5 heteroatoms. The molecule has 3 aromatic heterocycles. The molecule has 4 nitrogen and oxygen atoms in total. The highest BCUT2D eigenvalue weighted by Crippen LogP contribution is 2.36. The number of benzene rings is 8. The third kappa shape index (κ3) is 4.55. The molecular formula is C52H34N4Si-. The second-order valence-electron chi connectivity index (χ2n) is 14.9. The van der Waals surface area contributed by atoms with Crippen LogP contribution in [0.5, 0.6) is 0 Å². The van der Waals surface area contributed by atoms with E-state index in [-0.39, 0.29) is 0 Å². The molecule has 0 amide bonds. The maximum Gasteiger partial charge on any atom is 0.237 e. The van der Waals surface area contributed by atoms with Gasteiger partial charge in [0.2, 0.25) is 5.95 Å². The summed E-state index contributed by atoms with van der Waals surface area (Å²) in [6.45, 7) is 0. The van der Waals surface area contributed by atoms with Crippen molar-refractivity contribution in [1.82, 2.24) is 19.1 Å². The fraction of sp³-hybridized carbons (Fsp3) is 0. The SMILES string of the molecule is c1ccc([Si-]2(c3cccc(-c4cc(-n5c6ccccc6c6ccccc65)nc(-n5c6ccccc6c6ccccc65)n4)c3)c3ccccc3-c3ccccc32)cc1. The summed E-state index contributed by atoms with van der Waals surface area (Å²) >= 11 is 0. The Morgan fingerprint density at radius 3 is 1.37 bits per heavy atom. The summed E-state index contributed by atoms with van der Waals surface area (Å²) in [6, 6.07) is 75.1. The second-order valence-corrected chi connectivity index (χ2v) is 18.7. The Bertz CT molecular complexity index is 3090. The predicted molar refractivity (Wildman–Crippen MR) is 239 cm³/mol. The van der Waals surface area contributed by atoms with Gasteiger partial charge in [0.25, 0.3) is 0 Å². The molecule has 267 valence electrons. The van der Waals surface area contributed by atoms with Crippen molar-refractivity contribution in [2.24, 2.45) is 0 Å². The summed E-state index contributed by atoms with van der Waals surface area (Å²) in [4.78, 5) is 11.0. The van der Waals surface area contributed by atoms with Crippen LogP contribution in [0.15, 0.2) is 206 Å². The van der Waals surface area contributed by atoms with Crippen LogP contribution in [-0.4, -0.2) is 27.2 Å². The van der Waals surface area contributed by atoms with E-state index in [1.54, 1.807) is 0 Å². The van der Waals surface area contributed by atoms with Gasteiger partial charge in [0.05, 0.1) is 27.8 Å². The van der Waals surface area contributed by atoms with E-state index < -0.39 is 8.07 Å². The Labute approximate surface area is 330 Å². The first kappa shape index (κ1) is 32.0. The zero-order chi connectivity index (χ0) is 37.5. The molecular weight excluding hydrogens is 709 g/mol. The third-order valence-electron chi connectivity index (χ3n) is 12.0. The van der Waals surface area contributed by atoms with E-state index >= 15 is 0 Å². The fourth-order valence-electron chi connectivity index (χ4n) is 9.72. The van der Waals surface area contributed by atoms with Gasteiger partial charge >= 0.3 is 0 Å². The van der Waals surface area contributed by atoms with E-state index in [0.29, 0.717) is 5.95 Å². The van der Waals surface area contributed by atoms with Gasteiger partial charge in [0.15, 0.2) is 0 Å². The Kier molecular flexibility index (Phi) is 6.91. The number of para-hydroxylation sites is 4. The number of fused-ring (bicyclic) bond motifs is 9. The highest BCUT2D eigenvalue weighted by Gasteiger charge is 2.36. The molecule has 0 radical (unpaired) electrons. The largest absolute Gasteiger partial charge is 0.294 e. The van der Waals surface area contributed by atoms with Gasteiger partial charge in [-0.2, -0.15) is 25.7 Å². The lowest BCUT2D eigenvalue weighted by Crippen LogP contribution is -2.72. The van der Waals surface area contributed by atoms with Crippen molar-refractivity contribution in [1.29, 1.82) is 0 Å². The summed E-state index contributed by atoms with van der Waals surface area (Å²) in [5.74, 6) is 1.46. The lowest BCUT2D eigenvalue weighted by molar-refractivity contribution is 0.952. The van der Waals surface area contributed by atoms with E-state index in [1.165, 1.54) is 53.4 Å². The van der Waals surface area contributed by atoms with Gasteiger partial charge in [0.1, 0.15) is 5.82 Å². The van der Waals surface area contributed by atoms with Crippen molar-refractivity contribution >= 4 is 72.4 Å². The van der Waals surface area contributed by atoms with Crippen LogP contribution < -0.4 is 20.7 Å². The summed E-state index contributed by atoms with van der Waals surface area (Å²) in [7, 11) is -2.72. The lowest BCUT2D eigenvalue weighted by Gasteiger charge is -2.44. The smallest absolute Gasteiger partial charge is 0.237 e. The predicted octanol–water partition coefficient (Wildman–Crippen LogP) is 9.70. The zero-order valence-electron chi connectivity index (χ0n) is 30.9. The quantitative estimate of drug-likeness (QED) is 0.165. The molecule has 57 heavy (non-hydrogen) atoms. The van der Waals surface area contributed by atoms with Crippen molar-refractivity contribution in [3.8, 4) is 34.2 Å². The molecule has 0 aliphatic carbocycles. The van der Waals surface area contributed by atoms with E-state index in [2.05, 4.69) is 215 Å². The Balaban J connectivity index is 1.16.